The Morgan fingerprint density at radius 1 is 1.00 bits per heavy atom. The van der Waals surface area contributed by atoms with Crippen LogP contribution in [0.3, 0.4) is 0 Å². The maximum Gasteiger partial charge on any atom is 0.339 e. The van der Waals surface area contributed by atoms with Crippen molar-refractivity contribution < 1.29 is 19.1 Å². The van der Waals surface area contributed by atoms with Crippen LogP contribution < -0.4 is 5.32 Å². The number of benzene rings is 2. The van der Waals surface area contributed by atoms with Gasteiger partial charge in [-0.15, -0.1) is 0 Å². The fourth-order valence-electron chi connectivity index (χ4n) is 3.65. The van der Waals surface area contributed by atoms with Crippen molar-refractivity contribution in [3.8, 4) is 0 Å². The summed E-state index contributed by atoms with van der Waals surface area (Å²) < 4.78 is 5.38. The predicted octanol–water partition coefficient (Wildman–Crippen LogP) is 3.56. The Balaban J connectivity index is 1.66. The van der Waals surface area contributed by atoms with E-state index in [0.717, 1.165) is 31.2 Å². The molecule has 1 saturated carbocycles. The molecule has 1 fully saturated rings. The summed E-state index contributed by atoms with van der Waals surface area (Å²) in [5.41, 5.74) is 1.40. The number of amides is 2. The third kappa shape index (κ3) is 5.47. The number of hydrogen-bond acceptors (Lipinski definition) is 4. The van der Waals surface area contributed by atoms with Crippen LogP contribution in [0.4, 0.5) is 0 Å². The fraction of sp³-hybridized carbons (Fsp3) is 0.375. The zero-order chi connectivity index (χ0) is 21.5. The molecule has 1 atom stereocenters. The summed E-state index contributed by atoms with van der Waals surface area (Å²) >= 11 is 0. The van der Waals surface area contributed by atoms with Crippen LogP contribution in [0.5, 0.6) is 0 Å². The second kappa shape index (κ2) is 10.1. The number of carbonyl (C=O) groups is 3. The van der Waals surface area contributed by atoms with E-state index in [1.54, 1.807) is 43.1 Å². The molecule has 30 heavy (non-hydrogen) atoms. The van der Waals surface area contributed by atoms with Crippen molar-refractivity contribution >= 4 is 17.8 Å². The van der Waals surface area contributed by atoms with Gasteiger partial charge in [0.25, 0.3) is 11.8 Å². The van der Waals surface area contributed by atoms with Crippen molar-refractivity contribution in [3.05, 3.63) is 71.3 Å². The Labute approximate surface area is 177 Å². The Morgan fingerprint density at radius 3 is 2.27 bits per heavy atom. The third-order valence-corrected chi connectivity index (χ3v) is 5.34. The van der Waals surface area contributed by atoms with E-state index in [4.69, 9.17) is 4.74 Å². The molecule has 1 N–H and O–H groups in total. The monoisotopic (exact) mass is 408 g/mol. The number of nitrogens with one attached hydrogen (secondary N) is 1. The molecule has 6 nitrogen and oxygen atoms in total. The van der Waals surface area contributed by atoms with Crippen LogP contribution in [-0.2, 0) is 16.1 Å². The minimum Gasteiger partial charge on any atom is -0.449 e. The number of ether oxygens (including phenoxy) is 1. The van der Waals surface area contributed by atoms with Gasteiger partial charge >= 0.3 is 5.97 Å². The summed E-state index contributed by atoms with van der Waals surface area (Å²) in [7, 11) is 1.69. The molecule has 2 amide bonds. The van der Waals surface area contributed by atoms with Crippen LogP contribution in [0.2, 0.25) is 0 Å². The van der Waals surface area contributed by atoms with E-state index in [9.17, 15) is 14.4 Å². The summed E-state index contributed by atoms with van der Waals surface area (Å²) in [6.07, 6.45) is 3.19. The molecule has 0 radical (unpaired) electrons. The van der Waals surface area contributed by atoms with E-state index >= 15 is 0 Å². The normalized spacial score (nSPS) is 14.7. The first-order valence-corrected chi connectivity index (χ1v) is 10.4. The average molecular weight is 408 g/mol. The van der Waals surface area contributed by atoms with Crippen molar-refractivity contribution in [2.75, 3.05) is 7.05 Å². The van der Waals surface area contributed by atoms with Gasteiger partial charge in [0, 0.05) is 19.6 Å². The highest BCUT2D eigenvalue weighted by Gasteiger charge is 2.26. The minimum absolute atomic E-state index is 0.152. The first-order valence-electron chi connectivity index (χ1n) is 10.4. The Bertz CT molecular complexity index is 891. The maximum atomic E-state index is 13.0. The lowest BCUT2D eigenvalue weighted by molar-refractivity contribution is -0.129. The smallest absolute Gasteiger partial charge is 0.339 e. The lowest BCUT2D eigenvalue weighted by Crippen LogP contribution is -2.41. The van der Waals surface area contributed by atoms with Crippen LogP contribution in [0, 0.1) is 0 Å². The van der Waals surface area contributed by atoms with E-state index in [-0.39, 0.29) is 29.0 Å². The van der Waals surface area contributed by atoms with Gasteiger partial charge < -0.3 is 15.0 Å². The first-order chi connectivity index (χ1) is 14.5. The number of hydrogen-bond donors (Lipinski definition) is 1. The molecular weight excluding hydrogens is 380 g/mol. The summed E-state index contributed by atoms with van der Waals surface area (Å²) in [5, 5.41) is 2.93. The quantitative estimate of drug-likeness (QED) is 0.711. The van der Waals surface area contributed by atoms with Crippen molar-refractivity contribution in [2.24, 2.45) is 0 Å². The number of nitrogens with zero attached hydrogens (tertiary/aromatic N) is 1. The van der Waals surface area contributed by atoms with E-state index in [1.807, 2.05) is 30.3 Å². The molecule has 0 aliphatic heterocycles. The molecule has 1 aliphatic rings. The Hall–Kier alpha value is -3.15. The number of rotatable bonds is 7. The summed E-state index contributed by atoms with van der Waals surface area (Å²) in [5.74, 6) is -1.27. The van der Waals surface area contributed by atoms with Gasteiger partial charge in [0.15, 0.2) is 6.10 Å². The summed E-state index contributed by atoms with van der Waals surface area (Å²) in [6.45, 7) is 1.97. The van der Waals surface area contributed by atoms with Crippen LogP contribution in [-0.4, -0.2) is 41.9 Å². The molecule has 0 unspecified atom stereocenters. The second-order valence-corrected chi connectivity index (χ2v) is 7.73. The van der Waals surface area contributed by atoms with E-state index < -0.39 is 12.1 Å². The van der Waals surface area contributed by atoms with Gasteiger partial charge in [-0.25, -0.2) is 4.79 Å². The topological polar surface area (TPSA) is 75.7 Å². The van der Waals surface area contributed by atoms with Gasteiger partial charge in [-0.3, -0.25) is 9.59 Å². The predicted molar refractivity (Wildman–Crippen MR) is 114 cm³/mol. The average Bonchev–Trinajstić information content (AvgIpc) is 3.26. The van der Waals surface area contributed by atoms with Crippen LogP contribution >= 0.6 is 0 Å². The van der Waals surface area contributed by atoms with E-state index in [2.05, 4.69) is 5.32 Å². The van der Waals surface area contributed by atoms with E-state index in [0.29, 0.717) is 6.54 Å². The number of carbonyl (C=O) groups excluding carboxylic acids is 3. The van der Waals surface area contributed by atoms with Gasteiger partial charge in [0.1, 0.15) is 0 Å². The molecule has 158 valence electrons. The van der Waals surface area contributed by atoms with Crippen LogP contribution in [0.25, 0.3) is 0 Å². The molecule has 2 aromatic rings. The van der Waals surface area contributed by atoms with Crippen molar-refractivity contribution in [2.45, 2.75) is 51.3 Å². The highest BCUT2D eigenvalue weighted by Crippen LogP contribution is 2.18. The molecule has 0 heterocycles. The van der Waals surface area contributed by atoms with E-state index in [1.165, 1.54) is 0 Å². The minimum atomic E-state index is -0.927. The summed E-state index contributed by atoms with van der Waals surface area (Å²) in [6, 6.07) is 16.3. The largest absolute Gasteiger partial charge is 0.449 e. The zero-order valence-corrected chi connectivity index (χ0v) is 17.5. The van der Waals surface area contributed by atoms with Crippen molar-refractivity contribution in [1.29, 1.82) is 0 Å². The van der Waals surface area contributed by atoms with Gasteiger partial charge in [-0.2, -0.15) is 0 Å². The first kappa shape index (κ1) is 21.6. The van der Waals surface area contributed by atoms with Crippen LogP contribution in [0.1, 0.15) is 58.9 Å². The molecule has 0 aromatic heterocycles. The fourth-order valence-corrected chi connectivity index (χ4v) is 3.65. The Morgan fingerprint density at radius 2 is 1.60 bits per heavy atom. The summed E-state index contributed by atoms with van der Waals surface area (Å²) in [4.78, 5) is 39.6. The second-order valence-electron chi connectivity index (χ2n) is 7.73. The highest BCUT2D eigenvalue weighted by atomic mass is 16.5. The van der Waals surface area contributed by atoms with Crippen molar-refractivity contribution in [1.82, 2.24) is 10.2 Å². The molecule has 2 aromatic carbocycles. The molecule has 1 aliphatic carbocycles. The molecule has 3 rings (SSSR count). The maximum absolute atomic E-state index is 13.0. The lowest BCUT2D eigenvalue weighted by atomic mass is 10.1. The van der Waals surface area contributed by atoms with Crippen LogP contribution in [0.15, 0.2) is 54.6 Å². The number of esters is 1. The Kier molecular flexibility index (Phi) is 7.22. The van der Waals surface area contributed by atoms with Gasteiger partial charge in [0.05, 0.1) is 11.1 Å². The molecule has 0 saturated heterocycles. The van der Waals surface area contributed by atoms with Gasteiger partial charge in [0.2, 0.25) is 0 Å². The molecule has 0 bridgehead atoms. The SMILES string of the molecule is C[C@H](OC(=O)c1ccccc1C(=O)N(C)Cc1ccccc1)C(=O)NC1CCCC1. The lowest BCUT2D eigenvalue weighted by Gasteiger charge is -2.20. The highest BCUT2D eigenvalue weighted by molar-refractivity contribution is 6.05. The molecular formula is C24H28N2O4. The van der Waals surface area contributed by atoms with Gasteiger partial charge in [-0.05, 0) is 37.5 Å². The molecule has 0 spiro atoms. The zero-order valence-electron chi connectivity index (χ0n) is 17.5. The standard InChI is InChI=1S/C24H28N2O4/c1-17(22(27)25-19-12-6-7-13-19)30-24(29)21-15-9-8-14-20(21)23(28)26(2)16-18-10-4-3-5-11-18/h3-5,8-11,14-15,17,19H,6-7,12-13,16H2,1-2H3,(H,25,27)/t17-/m0/s1. The molecule has 6 heteroatoms. The van der Waals surface area contributed by atoms with Crippen molar-refractivity contribution in [3.63, 3.8) is 0 Å². The third-order valence-electron chi connectivity index (χ3n) is 5.34. The van der Waals surface area contributed by atoms with Gasteiger partial charge in [-0.1, -0.05) is 55.3 Å².